The molecule has 0 unspecified atom stereocenters. The molecule has 0 aromatic rings. The zero-order valence-corrected chi connectivity index (χ0v) is 7.19. The van der Waals surface area contributed by atoms with Crippen molar-refractivity contribution in [3.05, 3.63) is 22.6 Å². The summed E-state index contributed by atoms with van der Waals surface area (Å²) in [5.74, 6) is 0. The molecule has 0 heterocycles. The summed E-state index contributed by atoms with van der Waals surface area (Å²) in [5, 5.41) is 4.96. The Morgan fingerprint density at radius 2 is 1.91 bits per heavy atom. The maximum Gasteiger partial charge on any atom is 0.237 e. The molecule has 0 amide bonds. The Morgan fingerprint density at radius 3 is 2.27 bits per heavy atom. The number of hydrogen-bond donors (Lipinski definition) is 1. The molecule has 2 N–H and O–H groups in total. The summed E-state index contributed by atoms with van der Waals surface area (Å²) in [6.07, 6.45) is 5.23. The fourth-order valence-corrected chi connectivity index (χ4v) is 2.00. The van der Waals surface area contributed by atoms with Crippen molar-refractivity contribution in [2.75, 3.05) is 0 Å². The number of rotatable bonds is 1. The lowest BCUT2D eigenvalue weighted by Gasteiger charge is -2.09. The van der Waals surface area contributed by atoms with Crippen LogP contribution in [0.2, 0.25) is 0 Å². The quantitative estimate of drug-likeness (QED) is 0.640. The first kappa shape index (κ1) is 8.49. The highest BCUT2D eigenvalue weighted by Gasteiger charge is 2.14. The van der Waals surface area contributed by atoms with Gasteiger partial charge in [0.1, 0.15) is 0 Å². The molecule has 0 saturated heterocycles. The highest BCUT2D eigenvalue weighted by Crippen LogP contribution is 2.20. The molecule has 0 aromatic carbocycles. The van der Waals surface area contributed by atoms with Crippen molar-refractivity contribution in [1.82, 2.24) is 0 Å². The fraction of sp³-hybridized carbons (Fsp3) is 0.429. The molecular weight excluding hydrogens is 162 g/mol. The molecule has 0 atom stereocenters. The van der Waals surface area contributed by atoms with E-state index >= 15 is 0 Å². The SMILES string of the molecule is CC1=CCCC=C1S(N)(=O)=O. The van der Waals surface area contributed by atoms with Gasteiger partial charge in [0.15, 0.2) is 0 Å². The highest BCUT2D eigenvalue weighted by atomic mass is 32.2. The van der Waals surface area contributed by atoms with Gasteiger partial charge >= 0.3 is 0 Å². The average molecular weight is 173 g/mol. The molecule has 0 radical (unpaired) electrons. The summed E-state index contributed by atoms with van der Waals surface area (Å²) in [6, 6.07) is 0. The fourth-order valence-electron chi connectivity index (χ4n) is 1.12. The van der Waals surface area contributed by atoms with Crippen LogP contribution >= 0.6 is 0 Å². The standard InChI is InChI=1S/C7H11NO2S/c1-6-4-2-3-5-7(6)11(8,9)10/h4-5H,2-3H2,1H3,(H2,8,9,10). The molecule has 3 nitrogen and oxygen atoms in total. The summed E-state index contributed by atoms with van der Waals surface area (Å²) >= 11 is 0. The topological polar surface area (TPSA) is 60.2 Å². The van der Waals surface area contributed by atoms with Gasteiger partial charge in [0.2, 0.25) is 10.0 Å². The van der Waals surface area contributed by atoms with Crippen LogP contribution in [0.4, 0.5) is 0 Å². The smallest absolute Gasteiger partial charge is 0.225 e. The van der Waals surface area contributed by atoms with Crippen LogP contribution in [0.3, 0.4) is 0 Å². The zero-order valence-electron chi connectivity index (χ0n) is 6.37. The first-order valence-corrected chi connectivity index (χ1v) is 4.96. The minimum atomic E-state index is -3.48. The number of primary sulfonamides is 1. The van der Waals surface area contributed by atoms with Crippen molar-refractivity contribution in [3.63, 3.8) is 0 Å². The Balaban J connectivity index is 3.07. The zero-order chi connectivity index (χ0) is 8.48. The van der Waals surface area contributed by atoms with Crippen molar-refractivity contribution in [2.45, 2.75) is 19.8 Å². The van der Waals surface area contributed by atoms with Gasteiger partial charge in [-0.3, -0.25) is 0 Å². The summed E-state index contributed by atoms with van der Waals surface area (Å²) in [5.41, 5.74) is 0.763. The third-order valence-electron chi connectivity index (χ3n) is 1.64. The Labute approximate surface area is 66.6 Å². The Bertz CT molecular complexity index is 311. The van der Waals surface area contributed by atoms with Gasteiger partial charge in [-0.2, -0.15) is 0 Å². The van der Waals surface area contributed by atoms with Gasteiger partial charge in [-0.1, -0.05) is 12.2 Å². The number of hydrogen-bond acceptors (Lipinski definition) is 2. The summed E-state index contributed by atoms with van der Waals surface area (Å²) in [6.45, 7) is 1.76. The second-order valence-corrected chi connectivity index (χ2v) is 4.11. The molecular formula is C7H11NO2S. The van der Waals surface area contributed by atoms with Crippen molar-refractivity contribution in [3.8, 4) is 0 Å². The number of nitrogens with two attached hydrogens (primary N) is 1. The van der Waals surface area contributed by atoms with E-state index in [1.165, 1.54) is 0 Å². The minimum Gasteiger partial charge on any atom is -0.225 e. The normalized spacial score (nSPS) is 19.1. The third kappa shape index (κ3) is 1.91. The lowest BCUT2D eigenvalue weighted by Crippen LogP contribution is -2.16. The predicted molar refractivity (Wildman–Crippen MR) is 44.2 cm³/mol. The second-order valence-electron chi connectivity index (χ2n) is 2.58. The van der Waals surface area contributed by atoms with E-state index in [9.17, 15) is 8.42 Å². The molecule has 0 bridgehead atoms. The molecule has 0 aromatic heterocycles. The molecule has 0 saturated carbocycles. The Hall–Kier alpha value is -0.610. The van der Waals surface area contributed by atoms with E-state index < -0.39 is 10.0 Å². The molecule has 1 aliphatic rings. The van der Waals surface area contributed by atoms with Crippen LogP contribution in [0.25, 0.3) is 0 Å². The minimum absolute atomic E-state index is 0.281. The van der Waals surface area contributed by atoms with E-state index in [4.69, 9.17) is 5.14 Å². The van der Waals surface area contributed by atoms with Gasteiger partial charge in [-0.15, -0.1) is 0 Å². The van der Waals surface area contributed by atoms with Gasteiger partial charge in [0.25, 0.3) is 0 Å². The van der Waals surface area contributed by atoms with Gasteiger partial charge < -0.3 is 0 Å². The molecule has 1 rings (SSSR count). The van der Waals surface area contributed by atoms with Crippen LogP contribution in [0.1, 0.15) is 19.8 Å². The first-order chi connectivity index (χ1) is 5.02. The number of sulfonamides is 1. The van der Waals surface area contributed by atoms with E-state index in [-0.39, 0.29) is 4.91 Å². The first-order valence-electron chi connectivity index (χ1n) is 3.42. The highest BCUT2D eigenvalue weighted by molar-refractivity contribution is 7.93. The second kappa shape index (κ2) is 2.79. The largest absolute Gasteiger partial charge is 0.237 e. The van der Waals surface area contributed by atoms with Crippen molar-refractivity contribution < 1.29 is 8.42 Å². The number of allylic oxidation sites excluding steroid dienone is 3. The monoisotopic (exact) mass is 173 g/mol. The summed E-state index contributed by atoms with van der Waals surface area (Å²) in [7, 11) is -3.48. The van der Waals surface area contributed by atoms with Gasteiger partial charge in [0.05, 0.1) is 4.91 Å². The molecule has 0 spiro atoms. The van der Waals surface area contributed by atoms with E-state index in [1.807, 2.05) is 6.08 Å². The van der Waals surface area contributed by atoms with Crippen LogP contribution in [0.15, 0.2) is 22.6 Å². The van der Waals surface area contributed by atoms with Crippen molar-refractivity contribution in [1.29, 1.82) is 0 Å². The van der Waals surface area contributed by atoms with Crippen LogP contribution in [-0.4, -0.2) is 8.42 Å². The summed E-state index contributed by atoms with van der Waals surface area (Å²) < 4.78 is 21.7. The maximum absolute atomic E-state index is 10.9. The average Bonchev–Trinajstić information content (AvgIpc) is 1.86. The molecule has 0 fully saturated rings. The van der Waals surface area contributed by atoms with E-state index in [0.29, 0.717) is 0 Å². The van der Waals surface area contributed by atoms with Crippen molar-refractivity contribution in [2.24, 2.45) is 5.14 Å². The van der Waals surface area contributed by atoms with Crippen LogP contribution < -0.4 is 5.14 Å². The summed E-state index contributed by atoms with van der Waals surface area (Å²) in [4.78, 5) is 0.281. The van der Waals surface area contributed by atoms with E-state index in [1.54, 1.807) is 13.0 Å². The molecule has 4 heteroatoms. The molecule has 11 heavy (non-hydrogen) atoms. The Kier molecular flexibility index (Phi) is 2.15. The molecule has 1 aliphatic carbocycles. The van der Waals surface area contributed by atoms with Crippen LogP contribution in [0, 0.1) is 0 Å². The predicted octanol–water partition coefficient (Wildman–Crippen LogP) is 0.899. The molecule has 62 valence electrons. The van der Waals surface area contributed by atoms with Crippen LogP contribution in [0.5, 0.6) is 0 Å². The van der Waals surface area contributed by atoms with Crippen molar-refractivity contribution >= 4 is 10.0 Å². The van der Waals surface area contributed by atoms with Gasteiger partial charge in [-0.25, -0.2) is 13.6 Å². The van der Waals surface area contributed by atoms with E-state index in [2.05, 4.69) is 0 Å². The van der Waals surface area contributed by atoms with Gasteiger partial charge in [0, 0.05) is 0 Å². The Morgan fingerprint density at radius 1 is 1.36 bits per heavy atom. The van der Waals surface area contributed by atoms with Crippen LogP contribution in [-0.2, 0) is 10.0 Å². The lowest BCUT2D eigenvalue weighted by molar-refractivity contribution is 0.603. The molecule has 0 aliphatic heterocycles. The maximum atomic E-state index is 10.9. The van der Waals surface area contributed by atoms with Gasteiger partial charge in [-0.05, 0) is 25.3 Å². The lowest BCUT2D eigenvalue weighted by atomic mass is 10.1. The van der Waals surface area contributed by atoms with E-state index in [0.717, 1.165) is 18.4 Å². The third-order valence-corrected chi connectivity index (χ3v) is 2.74.